The summed E-state index contributed by atoms with van der Waals surface area (Å²) in [5, 5.41) is 7.39. The number of H-pyrrole nitrogens is 1. The van der Waals surface area contributed by atoms with Crippen molar-refractivity contribution in [3.8, 4) is 0 Å². The van der Waals surface area contributed by atoms with E-state index in [1.165, 1.54) is 37.7 Å². The molecule has 0 spiro atoms. The molecule has 1 aliphatic heterocycles. The Morgan fingerprint density at radius 1 is 1.39 bits per heavy atom. The van der Waals surface area contributed by atoms with Gasteiger partial charge in [0.2, 0.25) is 0 Å². The molecular weight excluding hydrogens is 290 g/mol. The lowest BCUT2D eigenvalue weighted by Crippen LogP contribution is -2.29. The lowest BCUT2D eigenvalue weighted by Gasteiger charge is -2.32. The van der Waals surface area contributed by atoms with Crippen LogP contribution in [0.2, 0.25) is 0 Å². The van der Waals surface area contributed by atoms with Gasteiger partial charge in [-0.15, -0.1) is 0 Å². The van der Waals surface area contributed by atoms with Gasteiger partial charge in [-0.05, 0) is 51.2 Å². The van der Waals surface area contributed by atoms with Crippen molar-refractivity contribution in [3.05, 3.63) is 28.6 Å². The van der Waals surface area contributed by atoms with Gasteiger partial charge in [-0.3, -0.25) is 10.1 Å². The summed E-state index contributed by atoms with van der Waals surface area (Å²) in [7, 11) is 0. The van der Waals surface area contributed by atoms with Gasteiger partial charge in [-0.25, -0.2) is 4.79 Å². The highest BCUT2D eigenvalue weighted by Gasteiger charge is 2.42. The molecule has 1 saturated carbocycles. The standard InChI is InChI=1S/C18H25N3O2/c1-4-23-17(22)15-12(2)20-21-16(15)18(3)14(10-11-19-18)13-8-6-5-7-9-13/h10-11,13H,4-9H2,1-3H3,(H,20,21). The lowest BCUT2D eigenvalue weighted by atomic mass is 9.74. The van der Waals surface area contributed by atoms with E-state index >= 15 is 0 Å². The van der Waals surface area contributed by atoms with Gasteiger partial charge in [-0.2, -0.15) is 5.10 Å². The molecule has 5 heteroatoms. The molecule has 1 unspecified atom stereocenters. The Labute approximate surface area is 137 Å². The monoisotopic (exact) mass is 315 g/mol. The van der Waals surface area contributed by atoms with Gasteiger partial charge in [0, 0.05) is 11.9 Å². The van der Waals surface area contributed by atoms with Gasteiger partial charge in [0.05, 0.1) is 6.61 Å². The Morgan fingerprint density at radius 3 is 2.83 bits per heavy atom. The summed E-state index contributed by atoms with van der Waals surface area (Å²) in [5.74, 6) is 0.211. The van der Waals surface area contributed by atoms with Crippen LogP contribution >= 0.6 is 0 Å². The molecule has 5 nitrogen and oxygen atoms in total. The number of aromatic amines is 1. The zero-order valence-corrected chi connectivity index (χ0v) is 14.2. The number of aliphatic imine (C=N–C) groups is 1. The number of nitrogens with one attached hydrogen (secondary N) is 1. The van der Waals surface area contributed by atoms with E-state index in [1.807, 2.05) is 20.1 Å². The van der Waals surface area contributed by atoms with Crippen molar-refractivity contribution in [2.45, 2.75) is 58.4 Å². The third-order valence-corrected chi connectivity index (χ3v) is 5.08. The highest BCUT2D eigenvalue weighted by atomic mass is 16.5. The summed E-state index contributed by atoms with van der Waals surface area (Å²) in [5.41, 5.74) is 2.70. The first-order valence-electron chi connectivity index (χ1n) is 8.56. The van der Waals surface area contributed by atoms with Crippen LogP contribution in [0, 0.1) is 12.8 Å². The van der Waals surface area contributed by atoms with Gasteiger partial charge < -0.3 is 4.74 Å². The second-order valence-electron chi connectivity index (χ2n) is 6.60. The molecule has 0 aromatic carbocycles. The highest BCUT2D eigenvalue weighted by molar-refractivity contribution is 5.93. The summed E-state index contributed by atoms with van der Waals surface area (Å²) >= 11 is 0. The number of aryl methyl sites for hydroxylation is 1. The summed E-state index contributed by atoms with van der Waals surface area (Å²) in [6, 6.07) is 0. The summed E-state index contributed by atoms with van der Waals surface area (Å²) in [6.07, 6.45) is 10.2. The molecule has 1 fully saturated rings. The van der Waals surface area contributed by atoms with Crippen LogP contribution in [0.4, 0.5) is 0 Å². The van der Waals surface area contributed by atoms with Crippen molar-refractivity contribution in [1.29, 1.82) is 0 Å². The average molecular weight is 315 g/mol. The van der Waals surface area contributed by atoms with Crippen molar-refractivity contribution in [2.24, 2.45) is 10.9 Å². The predicted octanol–water partition coefficient (Wildman–Crippen LogP) is 3.70. The molecule has 124 valence electrons. The van der Waals surface area contributed by atoms with Crippen LogP contribution in [0.1, 0.15) is 67.7 Å². The first-order chi connectivity index (χ1) is 11.1. The molecule has 0 bridgehead atoms. The van der Waals surface area contributed by atoms with Crippen LogP contribution in [0.3, 0.4) is 0 Å². The Kier molecular flexibility index (Phi) is 4.37. The third-order valence-electron chi connectivity index (χ3n) is 5.08. The number of hydrogen-bond donors (Lipinski definition) is 1. The molecule has 1 aromatic heterocycles. The van der Waals surface area contributed by atoms with E-state index < -0.39 is 5.54 Å². The zero-order chi connectivity index (χ0) is 16.4. The van der Waals surface area contributed by atoms with E-state index in [2.05, 4.69) is 23.2 Å². The third kappa shape index (κ3) is 2.73. The van der Waals surface area contributed by atoms with Crippen molar-refractivity contribution in [1.82, 2.24) is 10.2 Å². The van der Waals surface area contributed by atoms with Crippen molar-refractivity contribution in [3.63, 3.8) is 0 Å². The number of allylic oxidation sites excluding steroid dienone is 1. The van der Waals surface area contributed by atoms with Crippen LogP contribution in [0.25, 0.3) is 0 Å². The number of nitrogens with zero attached hydrogens (tertiary/aromatic N) is 2. The van der Waals surface area contributed by atoms with Crippen LogP contribution < -0.4 is 0 Å². The number of carbonyl (C=O) groups is 1. The molecule has 1 N–H and O–H groups in total. The number of hydrogen-bond acceptors (Lipinski definition) is 4. The van der Waals surface area contributed by atoms with E-state index in [4.69, 9.17) is 9.73 Å². The number of carbonyl (C=O) groups excluding carboxylic acids is 1. The first kappa shape index (κ1) is 16.0. The maximum atomic E-state index is 12.4. The minimum Gasteiger partial charge on any atom is -0.462 e. The topological polar surface area (TPSA) is 67.3 Å². The van der Waals surface area contributed by atoms with Crippen molar-refractivity contribution < 1.29 is 9.53 Å². The molecular formula is C18H25N3O2. The molecule has 1 aliphatic carbocycles. The van der Waals surface area contributed by atoms with Gasteiger partial charge in [-0.1, -0.05) is 19.3 Å². The Bertz CT molecular complexity index is 653. The zero-order valence-electron chi connectivity index (χ0n) is 14.2. The summed E-state index contributed by atoms with van der Waals surface area (Å²) < 4.78 is 5.22. The smallest absolute Gasteiger partial charge is 0.342 e. The van der Waals surface area contributed by atoms with Crippen molar-refractivity contribution in [2.75, 3.05) is 6.61 Å². The number of ether oxygens (including phenoxy) is 1. The quantitative estimate of drug-likeness (QED) is 0.861. The van der Waals surface area contributed by atoms with Crippen LogP contribution in [0.15, 0.2) is 16.6 Å². The van der Waals surface area contributed by atoms with E-state index in [1.54, 1.807) is 0 Å². The molecule has 23 heavy (non-hydrogen) atoms. The second kappa shape index (κ2) is 6.30. The Morgan fingerprint density at radius 2 is 2.13 bits per heavy atom. The number of rotatable bonds is 4. The fraction of sp³-hybridized carbons (Fsp3) is 0.611. The van der Waals surface area contributed by atoms with E-state index in [-0.39, 0.29) is 5.97 Å². The minimum atomic E-state index is -0.561. The lowest BCUT2D eigenvalue weighted by molar-refractivity contribution is 0.0523. The maximum absolute atomic E-state index is 12.4. The second-order valence-corrected chi connectivity index (χ2v) is 6.60. The average Bonchev–Trinajstić information content (AvgIpc) is 3.12. The van der Waals surface area contributed by atoms with E-state index in [9.17, 15) is 4.79 Å². The largest absolute Gasteiger partial charge is 0.462 e. The Hall–Kier alpha value is -1.91. The first-order valence-corrected chi connectivity index (χ1v) is 8.56. The SMILES string of the molecule is CCOC(=O)c1c(C2(C)N=CC=C2C2CCCCC2)n[nH]c1C. The van der Waals surface area contributed by atoms with Gasteiger partial charge in [0.25, 0.3) is 0 Å². The maximum Gasteiger partial charge on any atom is 0.342 e. The normalized spacial score (nSPS) is 24.7. The molecule has 3 rings (SSSR count). The fourth-order valence-electron chi connectivity index (χ4n) is 3.88. The van der Waals surface area contributed by atoms with Crippen LogP contribution in [-0.2, 0) is 10.3 Å². The number of esters is 1. The minimum absolute atomic E-state index is 0.319. The molecule has 2 heterocycles. The summed E-state index contributed by atoms with van der Waals surface area (Å²) in [4.78, 5) is 17.1. The molecule has 0 radical (unpaired) electrons. The van der Waals surface area contributed by atoms with Crippen LogP contribution in [0.5, 0.6) is 0 Å². The fourth-order valence-corrected chi connectivity index (χ4v) is 3.88. The van der Waals surface area contributed by atoms with E-state index in [0.29, 0.717) is 23.8 Å². The van der Waals surface area contributed by atoms with Gasteiger partial charge in [0.15, 0.2) is 0 Å². The van der Waals surface area contributed by atoms with E-state index in [0.717, 1.165) is 5.69 Å². The predicted molar refractivity (Wildman–Crippen MR) is 89.8 cm³/mol. The molecule has 0 saturated heterocycles. The molecule has 2 aliphatic rings. The molecule has 1 atom stereocenters. The van der Waals surface area contributed by atoms with Gasteiger partial charge in [0.1, 0.15) is 16.8 Å². The molecule has 0 amide bonds. The van der Waals surface area contributed by atoms with Crippen LogP contribution in [-0.4, -0.2) is 29.0 Å². The Balaban J connectivity index is 1.98. The molecule has 1 aromatic rings. The number of aromatic nitrogens is 2. The van der Waals surface area contributed by atoms with Gasteiger partial charge >= 0.3 is 5.97 Å². The highest BCUT2D eigenvalue weighted by Crippen LogP contribution is 2.45. The van der Waals surface area contributed by atoms with Crippen molar-refractivity contribution >= 4 is 12.2 Å². The summed E-state index contributed by atoms with van der Waals surface area (Å²) in [6.45, 7) is 6.09.